The molecule has 0 saturated heterocycles. The molecule has 288 valence electrons. The number of unbranched alkanes of at least 4 members (excludes halogenated alkanes) is 1. The maximum absolute atomic E-state index is 14.3. The molecule has 0 aliphatic heterocycles. The van der Waals surface area contributed by atoms with Crippen LogP contribution < -0.4 is 0 Å². The Bertz CT molecular complexity index is 1400. The molecule has 4 saturated carbocycles. The van der Waals surface area contributed by atoms with Crippen LogP contribution in [-0.2, 0) is 28.6 Å². The summed E-state index contributed by atoms with van der Waals surface area (Å²) < 4.78 is 17.2. The monoisotopic (exact) mass is 732 g/mol. The number of aliphatic hydroxyl groups is 2. The van der Waals surface area contributed by atoms with Crippen LogP contribution in [0.1, 0.15) is 133 Å². The summed E-state index contributed by atoms with van der Waals surface area (Å²) in [6.07, 6.45) is 9.54. The second kappa shape index (κ2) is 16.1. The average Bonchev–Trinajstić information content (AvgIpc) is 3.30. The summed E-state index contributed by atoms with van der Waals surface area (Å²) in [5.74, 6) is -0.712. The highest BCUT2D eigenvalue weighted by Crippen LogP contribution is 2.74. The number of hydrogen-bond acceptors (Lipinski definition) is 8. The topological polar surface area (TPSA) is 119 Å². The Kier molecular flexibility index (Phi) is 13.1. The molecule has 4 aliphatic rings. The van der Waals surface area contributed by atoms with Gasteiger partial charge >= 0.3 is 17.9 Å². The Balaban J connectivity index is 1.80. The van der Waals surface area contributed by atoms with Gasteiger partial charge < -0.3 is 24.4 Å². The van der Waals surface area contributed by atoms with E-state index in [1.54, 1.807) is 20.8 Å². The number of fused-ring (bicyclic) bond motifs is 5. The van der Waals surface area contributed by atoms with Crippen molar-refractivity contribution in [1.29, 1.82) is 0 Å². The van der Waals surface area contributed by atoms with Gasteiger partial charge in [0.25, 0.3) is 0 Å². The van der Waals surface area contributed by atoms with Crippen molar-refractivity contribution in [2.45, 2.75) is 152 Å². The zero-order valence-electron chi connectivity index (χ0n) is 32.9. The van der Waals surface area contributed by atoms with Crippen molar-refractivity contribution in [3.05, 3.63) is 34.4 Å². The van der Waals surface area contributed by atoms with E-state index in [9.17, 15) is 24.6 Å². The minimum Gasteiger partial charge on any atom is -0.458 e. The van der Waals surface area contributed by atoms with Crippen LogP contribution in [0.25, 0.3) is 0 Å². The quantitative estimate of drug-likeness (QED) is 0.0541. The Labute approximate surface area is 311 Å². The van der Waals surface area contributed by atoms with E-state index in [1.165, 1.54) is 6.92 Å². The van der Waals surface area contributed by atoms with Crippen LogP contribution in [-0.4, -0.2) is 59.1 Å². The van der Waals surface area contributed by atoms with E-state index in [2.05, 4.69) is 39.8 Å². The Hall–Kier alpha value is -2.16. The molecule has 0 radical (unpaired) electrons. The molecular formula is C42H65ClO8. The fourth-order valence-electron chi connectivity index (χ4n) is 10.9. The van der Waals surface area contributed by atoms with Gasteiger partial charge in [-0.05, 0) is 150 Å². The largest absolute Gasteiger partial charge is 0.458 e. The number of esters is 3. The number of ether oxygens (including phenoxy) is 3. The van der Waals surface area contributed by atoms with Crippen molar-refractivity contribution in [2.75, 3.05) is 12.7 Å². The van der Waals surface area contributed by atoms with Gasteiger partial charge in [-0.25, -0.2) is 4.79 Å². The molecule has 8 nitrogen and oxygen atoms in total. The van der Waals surface area contributed by atoms with Gasteiger partial charge in [0.2, 0.25) is 6.79 Å². The Morgan fingerprint density at radius 1 is 0.961 bits per heavy atom. The first-order chi connectivity index (χ1) is 23.7. The van der Waals surface area contributed by atoms with Crippen LogP contribution in [0.15, 0.2) is 34.4 Å². The predicted octanol–water partition coefficient (Wildman–Crippen LogP) is 8.62. The highest BCUT2D eigenvalue weighted by Gasteiger charge is 2.70. The standard InChI is InChI=1S/C42H65ClO8/c1-25(2)28(14-12-11-13-21-43)15-16-29(37(47)49-24-50-38(48)39(5,6)7)35-31-22-33(46)36-40(8)19-18-32(45)26(3)30(40)17-20-41(36,9)42(31,10)23-34(35)51-27(4)44/h12,14,26,30-34,36,45-46H,11,13,15-24H2,1-10H3/t26-,30+,31+,32+,33+,34-,36+,40-,41-,42-/m0/s1. The second-order valence-corrected chi connectivity index (χ2v) is 18.4. The fourth-order valence-corrected chi connectivity index (χ4v) is 11.0. The lowest BCUT2D eigenvalue weighted by atomic mass is 9.36. The minimum atomic E-state index is -0.760. The maximum atomic E-state index is 14.3. The van der Waals surface area contributed by atoms with Gasteiger partial charge in [-0.15, -0.1) is 11.6 Å². The average molecular weight is 733 g/mol. The van der Waals surface area contributed by atoms with Crippen molar-refractivity contribution >= 4 is 29.5 Å². The smallest absolute Gasteiger partial charge is 0.336 e. The Morgan fingerprint density at radius 3 is 2.25 bits per heavy atom. The molecule has 4 fully saturated rings. The van der Waals surface area contributed by atoms with Crippen molar-refractivity contribution < 1.29 is 38.8 Å². The highest BCUT2D eigenvalue weighted by molar-refractivity contribution is 6.17. The van der Waals surface area contributed by atoms with Gasteiger partial charge in [0.15, 0.2) is 0 Å². The zero-order valence-corrected chi connectivity index (χ0v) is 33.7. The van der Waals surface area contributed by atoms with Gasteiger partial charge in [0.1, 0.15) is 6.10 Å². The summed E-state index contributed by atoms with van der Waals surface area (Å²) in [6, 6.07) is 0. The molecule has 9 heteroatoms. The molecule has 4 rings (SSSR count). The molecule has 0 spiro atoms. The number of carbonyl (C=O) groups is 3. The lowest BCUT2D eigenvalue weighted by Crippen LogP contribution is -2.65. The van der Waals surface area contributed by atoms with Crippen LogP contribution in [0, 0.1) is 45.3 Å². The molecule has 0 aromatic carbocycles. The maximum Gasteiger partial charge on any atom is 0.336 e. The Morgan fingerprint density at radius 2 is 1.65 bits per heavy atom. The summed E-state index contributed by atoms with van der Waals surface area (Å²) >= 11 is 5.91. The number of rotatable bonds is 11. The summed E-state index contributed by atoms with van der Waals surface area (Å²) in [6.45, 7) is 19.3. The third-order valence-electron chi connectivity index (χ3n) is 13.7. The lowest BCUT2D eigenvalue weighted by molar-refractivity contribution is -0.234. The number of hydrogen-bond donors (Lipinski definition) is 2. The van der Waals surface area contributed by atoms with E-state index < -0.39 is 47.7 Å². The van der Waals surface area contributed by atoms with Crippen LogP contribution in [0.3, 0.4) is 0 Å². The molecule has 0 heterocycles. The number of halogens is 1. The lowest BCUT2D eigenvalue weighted by Gasteiger charge is -2.69. The van der Waals surface area contributed by atoms with Crippen molar-refractivity contribution in [2.24, 2.45) is 45.3 Å². The number of aliphatic hydroxyl groups excluding tert-OH is 2. The molecular weight excluding hydrogens is 668 g/mol. The second-order valence-electron chi connectivity index (χ2n) is 18.0. The third kappa shape index (κ3) is 8.18. The highest BCUT2D eigenvalue weighted by atomic mass is 35.5. The number of carbonyl (C=O) groups excluding carboxylic acids is 3. The van der Waals surface area contributed by atoms with E-state index in [1.807, 2.05) is 13.8 Å². The van der Waals surface area contributed by atoms with Crippen molar-refractivity contribution in [1.82, 2.24) is 0 Å². The first kappa shape index (κ1) is 41.6. The van der Waals surface area contributed by atoms with Gasteiger partial charge in [-0.1, -0.05) is 45.4 Å². The van der Waals surface area contributed by atoms with Crippen LogP contribution >= 0.6 is 11.6 Å². The third-order valence-corrected chi connectivity index (χ3v) is 14.0. The molecule has 4 aliphatic carbocycles. The summed E-state index contributed by atoms with van der Waals surface area (Å²) in [5.41, 5.74) is 1.74. The van der Waals surface area contributed by atoms with Gasteiger partial charge in [0.05, 0.1) is 17.6 Å². The van der Waals surface area contributed by atoms with Gasteiger partial charge in [-0.3, -0.25) is 9.59 Å². The van der Waals surface area contributed by atoms with E-state index in [-0.39, 0.29) is 34.7 Å². The predicted molar refractivity (Wildman–Crippen MR) is 199 cm³/mol. The minimum absolute atomic E-state index is 0.0140. The molecule has 0 unspecified atom stereocenters. The first-order valence-corrected chi connectivity index (χ1v) is 19.8. The first-order valence-electron chi connectivity index (χ1n) is 19.2. The normalized spacial score (nSPS) is 37.2. The molecule has 10 atom stereocenters. The van der Waals surface area contributed by atoms with E-state index in [0.717, 1.165) is 55.2 Å². The van der Waals surface area contributed by atoms with Gasteiger partial charge in [-0.2, -0.15) is 0 Å². The molecule has 0 aromatic rings. The summed E-state index contributed by atoms with van der Waals surface area (Å²) in [4.78, 5) is 39.5. The van der Waals surface area contributed by atoms with E-state index in [0.29, 0.717) is 43.1 Å². The van der Waals surface area contributed by atoms with Crippen LogP contribution in [0.5, 0.6) is 0 Å². The molecule has 51 heavy (non-hydrogen) atoms. The fraction of sp³-hybridized carbons (Fsp3) is 0.786. The molecule has 2 N–H and O–H groups in total. The molecule has 0 bridgehead atoms. The number of allylic oxidation sites excluding steroid dienone is 4. The van der Waals surface area contributed by atoms with Crippen LogP contribution in [0.2, 0.25) is 0 Å². The van der Waals surface area contributed by atoms with Crippen molar-refractivity contribution in [3.63, 3.8) is 0 Å². The van der Waals surface area contributed by atoms with Gasteiger partial charge in [0, 0.05) is 18.4 Å². The molecule has 0 aromatic heterocycles. The van der Waals surface area contributed by atoms with E-state index >= 15 is 0 Å². The number of alkyl halides is 1. The SMILES string of the molecule is CC(=O)O[C@H]1C[C@@]2(C)[C@H](C[C@@H](O)[C@@H]3[C@@]4(C)CC[C@@H](O)[C@@H](C)[C@H]4CC[C@@]32C)C1=C(CCC(C=CCCCCl)=C(C)C)C(=O)OCOC(=O)C(C)(C)C. The zero-order chi connectivity index (χ0) is 38.1. The van der Waals surface area contributed by atoms with E-state index in [4.69, 9.17) is 25.8 Å². The molecule has 0 amide bonds. The summed E-state index contributed by atoms with van der Waals surface area (Å²) in [5, 5.41) is 23.2. The van der Waals surface area contributed by atoms with Crippen LogP contribution in [0.4, 0.5) is 0 Å². The summed E-state index contributed by atoms with van der Waals surface area (Å²) in [7, 11) is 0. The van der Waals surface area contributed by atoms with Crippen molar-refractivity contribution in [3.8, 4) is 0 Å².